The van der Waals surface area contributed by atoms with E-state index >= 15 is 0 Å². The molecule has 1 aliphatic rings. The van der Waals surface area contributed by atoms with Gasteiger partial charge in [0, 0.05) is 36.7 Å². The largest absolute Gasteiger partial charge is 0.506 e. The van der Waals surface area contributed by atoms with E-state index in [9.17, 15) is 29.7 Å². The number of H-pyrrole nitrogens is 1. The highest BCUT2D eigenvalue weighted by Crippen LogP contribution is 2.40. The fourth-order valence-corrected chi connectivity index (χ4v) is 6.93. The van der Waals surface area contributed by atoms with Crippen LogP contribution in [0, 0.1) is 0 Å². The van der Waals surface area contributed by atoms with Crippen LogP contribution < -0.4 is 20.9 Å². The van der Waals surface area contributed by atoms with Gasteiger partial charge in [-0.25, -0.2) is 0 Å². The number of amides is 1. The monoisotopic (exact) mass is 675 g/mol. The Balaban J connectivity index is 1.12. The van der Waals surface area contributed by atoms with E-state index in [1.165, 1.54) is 19.2 Å². The summed E-state index contributed by atoms with van der Waals surface area (Å²) in [5.74, 6) is -0.660. The van der Waals surface area contributed by atoms with Crippen LogP contribution in [-0.2, 0) is 23.2 Å². The van der Waals surface area contributed by atoms with E-state index in [1.807, 2.05) is 24.3 Å². The number of hydrogen-bond acceptors (Lipinski definition) is 7. The number of fused-ring (bicyclic) bond motifs is 1. The Morgan fingerprint density at radius 2 is 1.83 bits per heavy atom. The van der Waals surface area contributed by atoms with Gasteiger partial charge >= 0.3 is 5.97 Å². The third-order valence-corrected chi connectivity index (χ3v) is 9.62. The zero-order valence-corrected chi connectivity index (χ0v) is 27.7. The van der Waals surface area contributed by atoms with Gasteiger partial charge in [-0.2, -0.15) is 0 Å². The minimum absolute atomic E-state index is 0.0810. The molecule has 254 valence electrons. The molecule has 0 spiro atoms. The molecule has 0 unspecified atom stereocenters. The van der Waals surface area contributed by atoms with E-state index in [2.05, 4.69) is 15.6 Å². The molecule has 48 heavy (non-hydrogen) atoms. The number of carboxylic acids is 1. The normalized spacial score (nSPS) is 14.8. The lowest BCUT2D eigenvalue weighted by molar-refractivity contribution is -0.145. The van der Waals surface area contributed by atoms with Crippen LogP contribution >= 0.6 is 11.6 Å². The molecule has 11 heteroatoms. The Labute approximate surface area is 284 Å². The molecule has 1 atom stereocenters. The SMILES string of the molecule is COc1cc(C(=O)NCCCCc2cccc(C3(C(=O)O)CCCCC3)c2)c(Cl)cc1CNC[C@H](O)c1ccc(O)c2[nH]c(=O)ccc12. The molecule has 0 bridgehead atoms. The number of aromatic hydroxyl groups is 1. The molecule has 4 aromatic rings. The summed E-state index contributed by atoms with van der Waals surface area (Å²) in [6, 6.07) is 17.2. The average Bonchev–Trinajstić information content (AvgIpc) is 3.08. The van der Waals surface area contributed by atoms with Gasteiger partial charge in [0.2, 0.25) is 5.56 Å². The summed E-state index contributed by atoms with van der Waals surface area (Å²) in [5.41, 5.74) is 2.65. The molecule has 1 aliphatic carbocycles. The molecule has 0 saturated heterocycles. The molecule has 0 aliphatic heterocycles. The molecular formula is C37H42ClN3O7. The number of halogens is 1. The maximum atomic E-state index is 13.0. The van der Waals surface area contributed by atoms with Crippen molar-refractivity contribution in [2.75, 3.05) is 20.2 Å². The third kappa shape index (κ3) is 7.84. The average molecular weight is 676 g/mol. The number of aliphatic hydroxyl groups is 1. The number of carboxylic acid groups (broad SMARTS) is 1. The number of benzene rings is 3. The molecular weight excluding hydrogens is 634 g/mol. The number of methoxy groups -OCH3 is 1. The number of aromatic amines is 1. The highest BCUT2D eigenvalue weighted by atomic mass is 35.5. The van der Waals surface area contributed by atoms with Gasteiger partial charge in [0.25, 0.3) is 5.91 Å². The first-order valence-corrected chi connectivity index (χ1v) is 16.7. The van der Waals surface area contributed by atoms with Crippen LogP contribution in [0.2, 0.25) is 5.02 Å². The number of aliphatic hydroxyl groups excluding tert-OH is 1. The van der Waals surface area contributed by atoms with Crippen molar-refractivity contribution in [3.05, 3.63) is 104 Å². The van der Waals surface area contributed by atoms with Gasteiger partial charge in [0.15, 0.2) is 0 Å². The lowest BCUT2D eigenvalue weighted by atomic mass is 9.69. The van der Waals surface area contributed by atoms with Crippen molar-refractivity contribution in [2.24, 2.45) is 0 Å². The van der Waals surface area contributed by atoms with Crippen molar-refractivity contribution in [1.29, 1.82) is 0 Å². The quantitative estimate of drug-likeness (QED) is 0.0920. The summed E-state index contributed by atoms with van der Waals surface area (Å²) in [5, 5.41) is 38.0. The van der Waals surface area contributed by atoms with Gasteiger partial charge in [-0.3, -0.25) is 14.4 Å². The number of nitrogens with one attached hydrogen (secondary N) is 3. The van der Waals surface area contributed by atoms with Crippen molar-refractivity contribution in [3.8, 4) is 11.5 Å². The smallest absolute Gasteiger partial charge is 0.314 e. The first-order valence-electron chi connectivity index (χ1n) is 16.3. The Morgan fingerprint density at radius 3 is 2.58 bits per heavy atom. The molecule has 5 rings (SSSR count). The lowest BCUT2D eigenvalue weighted by Crippen LogP contribution is -2.37. The fraction of sp³-hybridized carbons (Fsp3) is 0.378. The first-order chi connectivity index (χ1) is 23.1. The van der Waals surface area contributed by atoms with E-state index in [1.54, 1.807) is 24.3 Å². The Bertz CT molecular complexity index is 1830. The number of rotatable bonds is 14. The Hall–Kier alpha value is -4.38. The highest BCUT2D eigenvalue weighted by Gasteiger charge is 2.41. The number of aryl methyl sites for hydroxylation is 1. The predicted octanol–water partition coefficient (Wildman–Crippen LogP) is 5.76. The third-order valence-electron chi connectivity index (χ3n) is 9.31. The first kappa shape index (κ1) is 34.9. The summed E-state index contributed by atoms with van der Waals surface area (Å²) in [7, 11) is 1.51. The second kappa shape index (κ2) is 15.7. The van der Waals surface area contributed by atoms with Crippen molar-refractivity contribution >= 4 is 34.4 Å². The van der Waals surface area contributed by atoms with E-state index in [4.69, 9.17) is 16.3 Å². The van der Waals surface area contributed by atoms with Gasteiger partial charge in [-0.05, 0) is 73.1 Å². The zero-order valence-electron chi connectivity index (χ0n) is 27.0. The zero-order chi connectivity index (χ0) is 34.3. The van der Waals surface area contributed by atoms with Crippen LogP contribution in [0.5, 0.6) is 11.5 Å². The number of carbonyl (C=O) groups excluding carboxylic acids is 1. The lowest BCUT2D eigenvalue weighted by Gasteiger charge is -2.34. The predicted molar refractivity (Wildman–Crippen MR) is 185 cm³/mol. The van der Waals surface area contributed by atoms with E-state index < -0.39 is 17.5 Å². The molecule has 1 amide bonds. The molecule has 6 N–H and O–H groups in total. The number of aliphatic carboxylic acids is 1. The number of phenolic OH excluding ortho intramolecular Hbond substituents is 1. The van der Waals surface area contributed by atoms with Gasteiger partial charge < -0.3 is 35.7 Å². The van der Waals surface area contributed by atoms with Crippen LogP contribution in [0.15, 0.2) is 65.5 Å². The number of carbonyl (C=O) groups is 2. The number of ether oxygens (including phenoxy) is 1. The molecule has 1 saturated carbocycles. The molecule has 3 aromatic carbocycles. The van der Waals surface area contributed by atoms with Gasteiger partial charge in [0.1, 0.15) is 11.5 Å². The highest BCUT2D eigenvalue weighted by molar-refractivity contribution is 6.34. The number of unbranched alkanes of at least 4 members (excludes halogenated alkanes) is 1. The van der Waals surface area contributed by atoms with Gasteiger partial charge in [-0.15, -0.1) is 0 Å². The maximum Gasteiger partial charge on any atom is 0.314 e. The minimum atomic E-state index is -0.937. The van der Waals surface area contributed by atoms with E-state index in [0.29, 0.717) is 53.8 Å². The van der Waals surface area contributed by atoms with Gasteiger partial charge in [0.05, 0.1) is 34.7 Å². The number of pyridine rings is 1. The van der Waals surface area contributed by atoms with Gasteiger partial charge in [-0.1, -0.05) is 61.2 Å². The molecule has 1 heterocycles. The molecule has 10 nitrogen and oxygen atoms in total. The number of phenols is 1. The minimum Gasteiger partial charge on any atom is -0.506 e. The van der Waals surface area contributed by atoms with Crippen molar-refractivity contribution in [1.82, 2.24) is 15.6 Å². The summed E-state index contributed by atoms with van der Waals surface area (Å²) in [6.45, 7) is 0.910. The topological polar surface area (TPSA) is 161 Å². The fourth-order valence-electron chi connectivity index (χ4n) is 6.66. The number of hydrogen-bond donors (Lipinski definition) is 6. The van der Waals surface area contributed by atoms with E-state index in [0.717, 1.165) is 49.7 Å². The van der Waals surface area contributed by atoms with E-state index in [-0.39, 0.29) is 34.3 Å². The Morgan fingerprint density at radius 1 is 1.04 bits per heavy atom. The van der Waals surface area contributed by atoms with Crippen LogP contribution in [0.25, 0.3) is 10.9 Å². The molecule has 1 fully saturated rings. The second-order valence-electron chi connectivity index (χ2n) is 12.4. The molecule has 0 radical (unpaired) electrons. The van der Waals surface area contributed by atoms with Crippen LogP contribution in [-0.4, -0.2) is 52.4 Å². The standard InChI is InChI=1S/C37H42ClN3O7/c1-48-32-20-28(29(38)19-24(32)21-39-22-31(43)26-11-13-30(42)34-27(26)12-14-33(44)41-34)35(45)40-17-6-3-8-23-9-7-10-25(18-23)37(36(46)47)15-4-2-5-16-37/h7,9-14,18-20,31,39,42-43H,2-6,8,15-17,21-22H2,1H3,(H,40,45)(H,41,44)(H,46,47)/t31-/m0/s1. The van der Waals surface area contributed by atoms with Crippen LogP contribution in [0.4, 0.5) is 0 Å². The molecule has 1 aromatic heterocycles. The van der Waals surface area contributed by atoms with Crippen molar-refractivity contribution in [3.63, 3.8) is 0 Å². The summed E-state index contributed by atoms with van der Waals surface area (Å²) >= 11 is 6.53. The van der Waals surface area contributed by atoms with Crippen LogP contribution in [0.3, 0.4) is 0 Å². The summed E-state index contributed by atoms with van der Waals surface area (Å²) in [6.07, 6.45) is 5.71. The summed E-state index contributed by atoms with van der Waals surface area (Å²) in [4.78, 5) is 39.5. The second-order valence-corrected chi connectivity index (χ2v) is 12.8. The summed E-state index contributed by atoms with van der Waals surface area (Å²) < 4.78 is 5.54. The van der Waals surface area contributed by atoms with Crippen LogP contribution in [0.1, 0.15) is 83.7 Å². The van der Waals surface area contributed by atoms with Crippen molar-refractivity contribution in [2.45, 2.75) is 69.4 Å². The van der Waals surface area contributed by atoms with Crippen molar-refractivity contribution < 1.29 is 29.6 Å². The maximum absolute atomic E-state index is 13.0. The Kier molecular flexibility index (Phi) is 11.4. The number of aromatic nitrogens is 1.